The van der Waals surface area contributed by atoms with Crippen molar-refractivity contribution in [2.24, 2.45) is 0 Å². The molecule has 0 saturated carbocycles. The number of hydrogen-bond acceptors (Lipinski definition) is 4. The molecule has 0 radical (unpaired) electrons. The molecule has 144 valence electrons. The van der Waals surface area contributed by atoms with Gasteiger partial charge in [-0.25, -0.2) is 4.79 Å². The Hall–Kier alpha value is -1.40. The van der Waals surface area contributed by atoms with Gasteiger partial charge < -0.3 is 15.0 Å². The van der Waals surface area contributed by atoms with Crippen LogP contribution in [-0.2, 0) is 9.53 Å². The van der Waals surface area contributed by atoms with Gasteiger partial charge in [0.1, 0.15) is 5.60 Å². The molecule has 1 heterocycles. The van der Waals surface area contributed by atoms with Crippen molar-refractivity contribution in [1.29, 1.82) is 0 Å². The summed E-state index contributed by atoms with van der Waals surface area (Å²) in [6.45, 7) is 8.87. The number of benzene rings is 1. The minimum atomic E-state index is -0.472. The first-order valence-electron chi connectivity index (χ1n) is 8.79. The van der Waals surface area contributed by atoms with E-state index < -0.39 is 5.60 Å². The first-order chi connectivity index (χ1) is 12.1. The standard InChI is InChI=1S/C19H27ClN2O3S/c1-13-11-14(20)5-6-16(13)21-17(23)12-26-15-7-9-22(10-8-15)18(24)25-19(2,3)4/h5-6,11,15H,7-10,12H2,1-4H3,(H,21,23). The third-order valence-electron chi connectivity index (χ3n) is 4.01. The van der Waals surface area contributed by atoms with E-state index in [0.717, 1.165) is 24.1 Å². The highest BCUT2D eigenvalue weighted by Crippen LogP contribution is 2.25. The number of nitrogens with one attached hydrogen (secondary N) is 1. The quantitative estimate of drug-likeness (QED) is 0.797. The van der Waals surface area contributed by atoms with Crippen LogP contribution in [0.1, 0.15) is 39.2 Å². The lowest BCUT2D eigenvalue weighted by molar-refractivity contribution is -0.113. The monoisotopic (exact) mass is 398 g/mol. The molecule has 26 heavy (non-hydrogen) atoms. The molecule has 1 aliphatic heterocycles. The normalized spacial score (nSPS) is 15.7. The number of rotatable bonds is 4. The molecule has 1 N–H and O–H groups in total. The fourth-order valence-corrected chi connectivity index (χ4v) is 3.91. The number of anilines is 1. The zero-order valence-electron chi connectivity index (χ0n) is 15.8. The first-order valence-corrected chi connectivity index (χ1v) is 10.2. The molecule has 2 rings (SSSR count). The third-order valence-corrected chi connectivity index (χ3v) is 5.61. The number of ether oxygens (including phenoxy) is 1. The van der Waals surface area contributed by atoms with Gasteiger partial charge in [0.15, 0.2) is 0 Å². The molecule has 1 aliphatic rings. The van der Waals surface area contributed by atoms with Gasteiger partial charge in [0, 0.05) is 29.0 Å². The summed E-state index contributed by atoms with van der Waals surface area (Å²) in [6.07, 6.45) is 1.49. The molecule has 0 atom stereocenters. The van der Waals surface area contributed by atoms with Crippen LogP contribution in [0.3, 0.4) is 0 Å². The summed E-state index contributed by atoms with van der Waals surface area (Å²) in [5.74, 6) is 0.383. The average Bonchev–Trinajstić information content (AvgIpc) is 2.54. The van der Waals surface area contributed by atoms with Crippen LogP contribution in [0.4, 0.5) is 10.5 Å². The van der Waals surface area contributed by atoms with E-state index in [0.29, 0.717) is 29.1 Å². The van der Waals surface area contributed by atoms with E-state index in [1.165, 1.54) is 0 Å². The smallest absolute Gasteiger partial charge is 0.410 e. The summed E-state index contributed by atoms with van der Waals surface area (Å²) in [6, 6.07) is 5.42. The largest absolute Gasteiger partial charge is 0.444 e. The minimum absolute atomic E-state index is 0.0185. The van der Waals surface area contributed by atoms with Gasteiger partial charge >= 0.3 is 6.09 Å². The molecule has 0 spiro atoms. The second-order valence-corrected chi connectivity index (χ2v) is 9.21. The van der Waals surface area contributed by atoms with Gasteiger partial charge in [-0.3, -0.25) is 4.79 Å². The number of amides is 2. The van der Waals surface area contributed by atoms with Crippen LogP contribution in [-0.4, -0.2) is 46.6 Å². The van der Waals surface area contributed by atoms with Crippen molar-refractivity contribution in [2.45, 2.75) is 51.4 Å². The van der Waals surface area contributed by atoms with Gasteiger partial charge in [0.05, 0.1) is 5.75 Å². The van der Waals surface area contributed by atoms with Gasteiger partial charge in [-0.15, -0.1) is 11.8 Å². The number of thioether (sulfide) groups is 1. The highest BCUT2D eigenvalue weighted by molar-refractivity contribution is 8.00. The van der Waals surface area contributed by atoms with Crippen LogP contribution in [0.2, 0.25) is 5.02 Å². The number of carbonyl (C=O) groups excluding carboxylic acids is 2. The van der Waals surface area contributed by atoms with Crippen molar-refractivity contribution in [2.75, 3.05) is 24.2 Å². The summed E-state index contributed by atoms with van der Waals surface area (Å²) in [7, 11) is 0. The molecule has 0 bridgehead atoms. The van der Waals surface area contributed by atoms with Gasteiger partial charge in [0.2, 0.25) is 5.91 Å². The van der Waals surface area contributed by atoms with Gasteiger partial charge in [-0.1, -0.05) is 11.6 Å². The Morgan fingerprint density at radius 2 is 1.96 bits per heavy atom. The third kappa shape index (κ3) is 6.72. The van der Waals surface area contributed by atoms with E-state index in [4.69, 9.17) is 16.3 Å². The Labute approximate surface area is 164 Å². The number of nitrogens with zero attached hydrogens (tertiary/aromatic N) is 1. The number of halogens is 1. The lowest BCUT2D eigenvalue weighted by Crippen LogP contribution is -2.42. The number of aryl methyl sites for hydroxylation is 1. The highest BCUT2D eigenvalue weighted by Gasteiger charge is 2.27. The molecule has 2 amide bonds. The summed E-state index contributed by atoms with van der Waals surface area (Å²) < 4.78 is 5.40. The van der Waals surface area contributed by atoms with Crippen LogP contribution in [0, 0.1) is 6.92 Å². The predicted octanol–water partition coefficient (Wildman–Crippen LogP) is 4.72. The molecule has 0 aliphatic carbocycles. The summed E-state index contributed by atoms with van der Waals surface area (Å²) in [5, 5.41) is 3.97. The number of likely N-dealkylation sites (tertiary alicyclic amines) is 1. The molecular formula is C19H27ClN2O3S. The maximum absolute atomic E-state index is 12.2. The Kier molecular flexibility index (Phi) is 7.24. The predicted molar refractivity (Wildman–Crippen MR) is 108 cm³/mol. The van der Waals surface area contributed by atoms with Crippen LogP contribution in [0.25, 0.3) is 0 Å². The Bertz CT molecular complexity index is 653. The van der Waals surface area contributed by atoms with Crippen LogP contribution < -0.4 is 5.32 Å². The Morgan fingerprint density at radius 1 is 1.31 bits per heavy atom. The molecule has 1 aromatic rings. The highest BCUT2D eigenvalue weighted by atomic mass is 35.5. The molecule has 0 aromatic heterocycles. The van der Waals surface area contributed by atoms with Crippen molar-refractivity contribution in [1.82, 2.24) is 4.90 Å². The fraction of sp³-hybridized carbons (Fsp3) is 0.579. The molecule has 1 saturated heterocycles. The van der Waals surface area contributed by atoms with E-state index in [1.807, 2.05) is 39.8 Å². The summed E-state index contributed by atoms with van der Waals surface area (Å²) in [5.41, 5.74) is 1.27. The van der Waals surface area contributed by atoms with Gasteiger partial charge in [0.25, 0.3) is 0 Å². The second-order valence-electron chi connectivity index (χ2n) is 7.49. The minimum Gasteiger partial charge on any atom is -0.444 e. The van der Waals surface area contributed by atoms with Gasteiger partial charge in [-0.05, 0) is 64.3 Å². The fourth-order valence-electron chi connectivity index (χ4n) is 2.68. The SMILES string of the molecule is Cc1cc(Cl)ccc1NC(=O)CSC1CCN(C(=O)OC(C)(C)C)CC1. The van der Waals surface area contributed by atoms with E-state index in [-0.39, 0.29) is 12.0 Å². The molecule has 5 nitrogen and oxygen atoms in total. The second kappa shape index (κ2) is 9.00. The van der Waals surface area contributed by atoms with Crippen molar-refractivity contribution in [3.8, 4) is 0 Å². The van der Waals surface area contributed by atoms with Crippen LogP contribution >= 0.6 is 23.4 Å². The van der Waals surface area contributed by atoms with Crippen molar-refractivity contribution in [3.05, 3.63) is 28.8 Å². The van der Waals surface area contributed by atoms with Crippen LogP contribution in [0.5, 0.6) is 0 Å². The number of carbonyl (C=O) groups is 2. The van der Waals surface area contributed by atoms with Crippen LogP contribution in [0.15, 0.2) is 18.2 Å². The van der Waals surface area contributed by atoms with Gasteiger partial charge in [-0.2, -0.15) is 0 Å². The Morgan fingerprint density at radius 3 is 2.54 bits per heavy atom. The van der Waals surface area contributed by atoms with E-state index in [2.05, 4.69) is 5.32 Å². The summed E-state index contributed by atoms with van der Waals surface area (Å²) >= 11 is 7.58. The number of hydrogen-bond donors (Lipinski definition) is 1. The first kappa shape index (κ1) is 20.9. The molecule has 1 fully saturated rings. The zero-order chi connectivity index (χ0) is 19.3. The lowest BCUT2D eigenvalue weighted by atomic mass is 10.1. The average molecular weight is 399 g/mol. The maximum Gasteiger partial charge on any atom is 0.410 e. The summed E-state index contributed by atoms with van der Waals surface area (Å²) in [4.78, 5) is 26.0. The van der Waals surface area contributed by atoms with Crippen molar-refractivity contribution in [3.63, 3.8) is 0 Å². The van der Waals surface area contributed by atoms with E-state index >= 15 is 0 Å². The molecule has 0 unspecified atom stereocenters. The van der Waals surface area contributed by atoms with E-state index in [9.17, 15) is 9.59 Å². The number of piperidine rings is 1. The molecular weight excluding hydrogens is 372 g/mol. The Balaban J connectivity index is 1.72. The van der Waals surface area contributed by atoms with Crippen molar-refractivity contribution < 1.29 is 14.3 Å². The maximum atomic E-state index is 12.2. The molecule has 1 aromatic carbocycles. The molecule has 7 heteroatoms. The zero-order valence-corrected chi connectivity index (χ0v) is 17.4. The lowest BCUT2D eigenvalue weighted by Gasteiger charge is -2.33. The van der Waals surface area contributed by atoms with E-state index in [1.54, 1.807) is 22.7 Å². The van der Waals surface area contributed by atoms with Crippen molar-refractivity contribution >= 4 is 41.1 Å². The topological polar surface area (TPSA) is 58.6 Å².